The van der Waals surface area contributed by atoms with E-state index in [4.69, 9.17) is 0 Å². The van der Waals surface area contributed by atoms with E-state index in [9.17, 15) is 27.5 Å². The highest BCUT2D eigenvalue weighted by molar-refractivity contribution is 5.99. The van der Waals surface area contributed by atoms with E-state index in [1.165, 1.54) is 12.1 Å². The molecule has 1 saturated heterocycles. The molecule has 2 atom stereocenters. The molecule has 0 spiro atoms. The molecule has 2 aromatic rings. The number of ketones is 1. The number of hydrogen-bond acceptors (Lipinski definition) is 4. The molecule has 0 aromatic heterocycles. The van der Waals surface area contributed by atoms with Gasteiger partial charge in [0.05, 0.1) is 17.3 Å². The maximum atomic E-state index is 15.0. The summed E-state index contributed by atoms with van der Waals surface area (Å²) in [6, 6.07) is 13.1. The van der Waals surface area contributed by atoms with Crippen LogP contribution < -0.4 is 5.32 Å². The molecule has 186 valence electrons. The molecular formula is C26H32F4N2O2. The van der Waals surface area contributed by atoms with Crippen LogP contribution in [0, 0.1) is 0 Å². The van der Waals surface area contributed by atoms with Crippen LogP contribution >= 0.6 is 0 Å². The molecule has 1 heterocycles. The van der Waals surface area contributed by atoms with Crippen molar-refractivity contribution in [1.29, 1.82) is 0 Å². The van der Waals surface area contributed by atoms with Gasteiger partial charge in [-0.3, -0.25) is 9.69 Å². The van der Waals surface area contributed by atoms with Crippen LogP contribution in [0.4, 0.5) is 17.6 Å². The minimum Gasteiger partial charge on any atom is -0.385 e. The first-order valence-electron chi connectivity index (χ1n) is 11.7. The van der Waals surface area contributed by atoms with Gasteiger partial charge in [0.2, 0.25) is 0 Å². The van der Waals surface area contributed by atoms with E-state index in [1.807, 2.05) is 11.8 Å². The monoisotopic (exact) mass is 480 g/mol. The molecule has 1 aliphatic rings. The molecule has 0 radical (unpaired) electrons. The summed E-state index contributed by atoms with van der Waals surface area (Å²) in [6.07, 6.45) is -4.36. The molecule has 1 aliphatic heterocycles. The highest BCUT2D eigenvalue weighted by Gasteiger charge is 2.39. The number of carbonyl (C=O) groups is 1. The van der Waals surface area contributed by atoms with Crippen molar-refractivity contribution in [3.63, 3.8) is 0 Å². The van der Waals surface area contributed by atoms with E-state index in [0.29, 0.717) is 25.2 Å². The Bertz CT molecular complexity index is 928. The summed E-state index contributed by atoms with van der Waals surface area (Å²) >= 11 is 0. The molecule has 4 nitrogen and oxygen atoms in total. The van der Waals surface area contributed by atoms with Gasteiger partial charge in [-0.05, 0) is 43.5 Å². The van der Waals surface area contributed by atoms with Crippen LogP contribution in [-0.4, -0.2) is 47.8 Å². The maximum absolute atomic E-state index is 15.0. The first kappa shape index (κ1) is 26.3. The lowest BCUT2D eigenvalue weighted by atomic mass is 9.83. The second-order valence-corrected chi connectivity index (χ2v) is 8.90. The number of aliphatic hydroxyl groups is 1. The lowest BCUT2D eigenvalue weighted by Crippen LogP contribution is -2.53. The zero-order valence-corrected chi connectivity index (χ0v) is 19.3. The minimum atomic E-state index is -4.48. The largest absolute Gasteiger partial charge is 0.416 e. The third kappa shape index (κ3) is 6.64. The average molecular weight is 481 g/mol. The number of hydrogen-bond donors (Lipinski definition) is 2. The quantitative estimate of drug-likeness (QED) is 0.275. The van der Waals surface area contributed by atoms with E-state index in [-0.39, 0.29) is 24.8 Å². The zero-order chi connectivity index (χ0) is 24.8. The molecular weight excluding hydrogens is 448 g/mol. The van der Waals surface area contributed by atoms with E-state index in [0.717, 1.165) is 25.0 Å². The van der Waals surface area contributed by atoms with Crippen LogP contribution in [-0.2, 0) is 11.8 Å². The summed E-state index contributed by atoms with van der Waals surface area (Å²) in [5.74, 6) is -0.569. The van der Waals surface area contributed by atoms with Crippen molar-refractivity contribution < 1.29 is 27.5 Å². The fraction of sp³-hybridized carbons (Fsp3) is 0.500. The number of carbonyl (C=O) groups excluding carboxylic acids is 1. The van der Waals surface area contributed by atoms with Crippen LogP contribution in [0.5, 0.6) is 0 Å². The van der Waals surface area contributed by atoms with Gasteiger partial charge < -0.3 is 10.4 Å². The van der Waals surface area contributed by atoms with Gasteiger partial charge >= 0.3 is 6.18 Å². The SMILES string of the molecule is CCCCNC(CC(F)C(=O)c1ccccc1)N1CCC(O)(c2cccc(C(F)(F)F)c2)CC1. The number of nitrogens with one attached hydrogen (secondary N) is 1. The van der Waals surface area contributed by atoms with E-state index in [2.05, 4.69) is 5.32 Å². The van der Waals surface area contributed by atoms with Crippen molar-refractivity contribution in [3.8, 4) is 0 Å². The Balaban J connectivity index is 1.68. The van der Waals surface area contributed by atoms with Gasteiger partial charge in [0.15, 0.2) is 12.0 Å². The first-order chi connectivity index (χ1) is 16.1. The van der Waals surface area contributed by atoms with Crippen molar-refractivity contribution in [2.45, 2.75) is 63.1 Å². The van der Waals surface area contributed by atoms with E-state index < -0.39 is 35.5 Å². The van der Waals surface area contributed by atoms with E-state index in [1.54, 1.807) is 30.3 Å². The van der Waals surface area contributed by atoms with Crippen molar-refractivity contribution >= 4 is 5.78 Å². The molecule has 34 heavy (non-hydrogen) atoms. The van der Waals surface area contributed by atoms with Crippen molar-refractivity contribution in [3.05, 3.63) is 71.3 Å². The van der Waals surface area contributed by atoms with Crippen LogP contribution in [0.25, 0.3) is 0 Å². The number of piperidine rings is 1. The molecule has 2 unspecified atom stereocenters. The number of halogens is 4. The Kier molecular flexibility index (Phi) is 8.84. The maximum Gasteiger partial charge on any atom is 0.416 e. The fourth-order valence-electron chi connectivity index (χ4n) is 4.37. The Morgan fingerprint density at radius 1 is 1.12 bits per heavy atom. The first-order valence-corrected chi connectivity index (χ1v) is 11.7. The summed E-state index contributed by atoms with van der Waals surface area (Å²) in [5, 5.41) is 14.4. The molecule has 1 fully saturated rings. The average Bonchev–Trinajstić information content (AvgIpc) is 2.83. The van der Waals surface area contributed by atoms with Gasteiger partial charge in [-0.1, -0.05) is 55.8 Å². The summed E-state index contributed by atoms with van der Waals surface area (Å²) in [5.41, 5.74) is -1.62. The van der Waals surface area contributed by atoms with Gasteiger partial charge in [-0.2, -0.15) is 13.2 Å². The highest BCUT2D eigenvalue weighted by Crippen LogP contribution is 2.37. The normalized spacial score (nSPS) is 18.4. The van der Waals surface area contributed by atoms with Gasteiger partial charge in [-0.25, -0.2) is 4.39 Å². The van der Waals surface area contributed by atoms with Gasteiger partial charge in [-0.15, -0.1) is 0 Å². The fourth-order valence-corrected chi connectivity index (χ4v) is 4.37. The topological polar surface area (TPSA) is 52.6 Å². The summed E-state index contributed by atoms with van der Waals surface area (Å²) in [4.78, 5) is 14.5. The third-order valence-electron chi connectivity index (χ3n) is 6.48. The summed E-state index contributed by atoms with van der Waals surface area (Å²) in [7, 11) is 0. The second kappa shape index (κ2) is 11.4. The van der Waals surface area contributed by atoms with Gasteiger partial charge in [0.25, 0.3) is 0 Å². The second-order valence-electron chi connectivity index (χ2n) is 8.90. The van der Waals surface area contributed by atoms with Gasteiger partial charge in [0, 0.05) is 25.1 Å². The standard InChI is InChI=1S/C26H32F4N2O2/c1-2-3-14-31-23(18-22(27)24(33)19-8-5-4-6-9-19)32-15-12-25(34,13-16-32)20-10-7-11-21(17-20)26(28,29)30/h4-11,17,22-23,31,34H,2-3,12-16,18H2,1H3. The molecule has 0 saturated carbocycles. The Morgan fingerprint density at radius 2 is 1.79 bits per heavy atom. The van der Waals surface area contributed by atoms with Crippen LogP contribution in [0.1, 0.15) is 60.5 Å². The number of unbranched alkanes of at least 4 members (excludes halogenated alkanes) is 1. The zero-order valence-electron chi connectivity index (χ0n) is 19.3. The van der Waals surface area contributed by atoms with Crippen molar-refractivity contribution in [2.75, 3.05) is 19.6 Å². The Hall–Kier alpha value is -2.29. The van der Waals surface area contributed by atoms with Crippen LogP contribution in [0.15, 0.2) is 54.6 Å². The predicted molar refractivity (Wildman–Crippen MR) is 123 cm³/mol. The smallest absolute Gasteiger partial charge is 0.385 e. The Labute approximate surface area is 198 Å². The number of rotatable bonds is 10. The number of nitrogens with zero attached hydrogens (tertiary/aromatic N) is 1. The number of Topliss-reactive ketones (excluding diaryl/α,β-unsaturated/α-hetero) is 1. The van der Waals surface area contributed by atoms with Crippen molar-refractivity contribution in [2.24, 2.45) is 0 Å². The predicted octanol–water partition coefficient (Wildman–Crippen LogP) is 5.32. The minimum absolute atomic E-state index is 0.0422. The molecule has 0 amide bonds. The lowest BCUT2D eigenvalue weighted by Gasteiger charge is -2.42. The van der Waals surface area contributed by atoms with Crippen LogP contribution in [0.2, 0.25) is 0 Å². The number of benzene rings is 2. The van der Waals surface area contributed by atoms with Crippen molar-refractivity contribution in [1.82, 2.24) is 10.2 Å². The number of alkyl halides is 4. The van der Waals surface area contributed by atoms with Crippen LogP contribution in [0.3, 0.4) is 0 Å². The highest BCUT2D eigenvalue weighted by atomic mass is 19.4. The third-order valence-corrected chi connectivity index (χ3v) is 6.48. The summed E-state index contributed by atoms with van der Waals surface area (Å²) < 4.78 is 54.4. The van der Waals surface area contributed by atoms with Gasteiger partial charge in [0.1, 0.15) is 0 Å². The van der Waals surface area contributed by atoms with E-state index >= 15 is 0 Å². The molecule has 2 aromatic carbocycles. The molecule has 0 aliphatic carbocycles. The molecule has 8 heteroatoms. The molecule has 3 rings (SSSR count). The molecule has 0 bridgehead atoms. The Morgan fingerprint density at radius 3 is 2.41 bits per heavy atom. The number of likely N-dealkylation sites (tertiary alicyclic amines) is 1. The summed E-state index contributed by atoms with van der Waals surface area (Å²) in [6.45, 7) is 3.43. The lowest BCUT2D eigenvalue weighted by molar-refractivity contribution is -0.137. The molecule has 2 N–H and O–H groups in total.